The summed E-state index contributed by atoms with van der Waals surface area (Å²) in [6.07, 6.45) is 6.39. The standard InChI is InChI=1S/C22H25BrO4/c1-4-5-6-13-26-20-11-8-17(15-21(20)25-3)9-12-22(24)27-19-10-7-16(2)14-18(19)23/h7-12,14-15H,4-6,13H2,1-3H3/b12-9+. The largest absolute Gasteiger partial charge is 0.493 e. The van der Waals surface area contributed by atoms with E-state index in [4.69, 9.17) is 14.2 Å². The van der Waals surface area contributed by atoms with E-state index in [1.165, 1.54) is 6.08 Å². The van der Waals surface area contributed by atoms with Crippen molar-refractivity contribution in [1.29, 1.82) is 0 Å². The van der Waals surface area contributed by atoms with Gasteiger partial charge in [0.2, 0.25) is 0 Å². The van der Waals surface area contributed by atoms with E-state index in [9.17, 15) is 4.79 Å². The lowest BCUT2D eigenvalue weighted by Gasteiger charge is -2.11. The predicted octanol–water partition coefficient (Wildman–Crippen LogP) is 5.95. The summed E-state index contributed by atoms with van der Waals surface area (Å²) < 4.78 is 17.3. The minimum absolute atomic E-state index is 0.446. The van der Waals surface area contributed by atoms with Crippen LogP contribution in [-0.2, 0) is 4.79 Å². The van der Waals surface area contributed by atoms with Crippen LogP contribution in [0.1, 0.15) is 37.3 Å². The fourth-order valence-electron chi connectivity index (χ4n) is 2.44. The van der Waals surface area contributed by atoms with Crippen LogP contribution in [0, 0.1) is 6.92 Å². The Bertz CT molecular complexity index is 799. The van der Waals surface area contributed by atoms with Crippen molar-refractivity contribution in [3.05, 3.63) is 58.1 Å². The molecule has 0 heterocycles. The Balaban J connectivity index is 1.99. The number of carbonyl (C=O) groups is 1. The van der Waals surface area contributed by atoms with Crippen molar-refractivity contribution < 1.29 is 19.0 Å². The molecule has 2 aromatic rings. The van der Waals surface area contributed by atoms with Crippen LogP contribution >= 0.6 is 15.9 Å². The number of unbranched alkanes of at least 4 members (excludes halogenated alkanes) is 2. The summed E-state index contributed by atoms with van der Waals surface area (Å²) in [4.78, 5) is 12.1. The van der Waals surface area contributed by atoms with Crippen molar-refractivity contribution in [1.82, 2.24) is 0 Å². The molecule has 0 aliphatic heterocycles. The van der Waals surface area contributed by atoms with Crippen molar-refractivity contribution in [3.8, 4) is 17.2 Å². The maximum Gasteiger partial charge on any atom is 0.336 e. The van der Waals surface area contributed by atoms with E-state index >= 15 is 0 Å². The summed E-state index contributed by atoms with van der Waals surface area (Å²) in [6.45, 7) is 4.79. The molecule has 0 spiro atoms. The molecule has 2 rings (SSSR count). The van der Waals surface area contributed by atoms with Gasteiger partial charge >= 0.3 is 5.97 Å². The van der Waals surface area contributed by atoms with Crippen molar-refractivity contribution in [2.75, 3.05) is 13.7 Å². The van der Waals surface area contributed by atoms with E-state index in [0.29, 0.717) is 23.9 Å². The molecule has 144 valence electrons. The first-order chi connectivity index (χ1) is 13.0. The van der Waals surface area contributed by atoms with E-state index in [1.54, 1.807) is 19.3 Å². The zero-order valence-corrected chi connectivity index (χ0v) is 17.5. The average molecular weight is 433 g/mol. The summed E-state index contributed by atoms with van der Waals surface area (Å²) in [5, 5.41) is 0. The van der Waals surface area contributed by atoms with Gasteiger partial charge in [0.25, 0.3) is 0 Å². The lowest BCUT2D eigenvalue weighted by Crippen LogP contribution is -2.04. The molecule has 0 saturated heterocycles. The van der Waals surface area contributed by atoms with Crippen molar-refractivity contribution >= 4 is 28.0 Å². The molecular weight excluding hydrogens is 408 g/mol. The van der Waals surface area contributed by atoms with Gasteiger partial charge in [0.1, 0.15) is 5.75 Å². The molecule has 0 unspecified atom stereocenters. The zero-order valence-electron chi connectivity index (χ0n) is 16.0. The SMILES string of the molecule is CCCCCOc1ccc(/C=C/C(=O)Oc2ccc(C)cc2Br)cc1OC. The highest BCUT2D eigenvalue weighted by Gasteiger charge is 2.07. The van der Waals surface area contributed by atoms with E-state index < -0.39 is 5.97 Å². The molecule has 5 heteroatoms. The van der Waals surface area contributed by atoms with E-state index in [1.807, 2.05) is 37.3 Å². The topological polar surface area (TPSA) is 44.8 Å². The third kappa shape index (κ3) is 6.75. The summed E-state index contributed by atoms with van der Waals surface area (Å²) in [5.74, 6) is 1.39. The Morgan fingerprint density at radius 3 is 2.56 bits per heavy atom. The number of hydrogen-bond acceptors (Lipinski definition) is 4. The van der Waals surface area contributed by atoms with Crippen LogP contribution in [0.25, 0.3) is 6.08 Å². The Hall–Kier alpha value is -2.27. The molecular formula is C22H25BrO4. The van der Waals surface area contributed by atoms with Crippen LogP contribution < -0.4 is 14.2 Å². The van der Waals surface area contributed by atoms with Crippen molar-refractivity contribution in [2.45, 2.75) is 33.1 Å². The van der Waals surface area contributed by atoms with Gasteiger partial charge in [-0.2, -0.15) is 0 Å². The molecule has 0 aromatic heterocycles. The van der Waals surface area contributed by atoms with Gasteiger partial charge in [0.05, 0.1) is 18.2 Å². The molecule has 0 aliphatic carbocycles. The van der Waals surface area contributed by atoms with Gasteiger partial charge in [-0.05, 0) is 70.7 Å². The van der Waals surface area contributed by atoms with Gasteiger partial charge < -0.3 is 14.2 Å². The van der Waals surface area contributed by atoms with Crippen LogP contribution in [0.15, 0.2) is 46.9 Å². The molecule has 0 radical (unpaired) electrons. The average Bonchev–Trinajstić information content (AvgIpc) is 2.66. The molecule has 0 amide bonds. The molecule has 0 aliphatic rings. The summed E-state index contributed by atoms with van der Waals surface area (Å²) in [6, 6.07) is 11.1. The predicted molar refractivity (Wildman–Crippen MR) is 112 cm³/mol. The Morgan fingerprint density at radius 2 is 1.85 bits per heavy atom. The lowest BCUT2D eigenvalue weighted by atomic mass is 10.2. The third-order valence-electron chi connectivity index (χ3n) is 3.90. The fraction of sp³-hybridized carbons (Fsp3) is 0.318. The van der Waals surface area contributed by atoms with Gasteiger partial charge in [-0.15, -0.1) is 0 Å². The highest BCUT2D eigenvalue weighted by atomic mass is 79.9. The molecule has 0 saturated carbocycles. The number of aryl methyl sites for hydroxylation is 1. The highest BCUT2D eigenvalue weighted by molar-refractivity contribution is 9.10. The minimum atomic E-state index is -0.446. The van der Waals surface area contributed by atoms with E-state index in [0.717, 1.165) is 34.9 Å². The van der Waals surface area contributed by atoms with Crippen LogP contribution in [-0.4, -0.2) is 19.7 Å². The Morgan fingerprint density at radius 1 is 1.07 bits per heavy atom. The first-order valence-corrected chi connectivity index (χ1v) is 9.79. The summed E-state index contributed by atoms with van der Waals surface area (Å²) in [5.41, 5.74) is 1.91. The number of ether oxygens (including phenoxy) is 3. The number of benzene rings is 2. The maximum atomic E-state index is 12.1. The number of esters is 1. The van der Waals surface area contributed by atoms with Gasteiger partial charge in [-0.1, -0.05) is 31.9 Å². The molecule has 27 heavy (non-hydrogen) atoms. The number of methoxy groups -OCH3 is 1. The normalized spacial score (nSPS) is 10.8. The number of halogens is 1. The first kappa shape index (κ1) is 21.0. The molecule has 2 aromatic carbocycles. The summed E-state index contributed by atoms with van der Waals surface area (Å²) in [7, 11) is 1.60. The van der Waals surface area contributed by atoms with Gasteiger partial charge in [-0.25, -0.2) is 4.79 Å². The summed E-state index contributed by atoms with van der Waals surface area (Å²) >= 11 is 3.40. The van der Waals surface area contributed by atoms with Crippen molar-refractivity contribution in [3.63, 3.8) is 0 Å². The van der Waals surface area contributed by atoms with Gasteiger partial charge in [0, 0.05) is 6.08 Å². The second-order valence-electron chi connectivity index (χ2n) is 6.15. The molecule has 0 N–H and O–H groups in total. The maximum absolute atomic E-state index is 12.1. The van der Waals surface area contributed by atoms with Gasteiger partial charge in [-0.3, -0.25) is 0 Å². The van der Waals surface area contributed by atoms with Crippen LogP contribution in [0.3, 0.4) is 0 Å². The van der Waals surface area contributed by atoms with Crippen LogP contribution in [0.5, 0.6) is 17.2 Å². The first-order valence-electron chi connectivity index (χ1n) is 9.00. The van der Waals surface area contributed by atoms with Crippen LogP contribution in [0.4, 0.5) is 0 Å². The molecule has 0 atom stereocenters. The quantitative estimate of drug-likeness (QED) is 0.212. The van der Waals surface area contributed by atoms with Crippen LogP contribution in [0.2, 0.25) is 0 Å². The van der Waals surface area contributed by atoms with E-state index in [2.05, 4.69) is 22.9 Å². The second-order valence-corrected chi connectivity index (χ2v) is 7.01. The molecule has 0 fully saturated rings. The van der Waals surface area contributed by atoms with Gasteiger partial charge in [0.15, 0.2) is 11.5 Å². The Kier molecular flexibility index (Phi) is 8.40. The smallest absolute Gasteiger partial charge is 0.336 e. The number of hydrogen-bond donors (Lipinski definition) is 0. The Labute approximate surface area is 169 Å². The highest BCUT2D eigenvalue weighted by Crippen LogP contribution is 2.29. The zero-order chi connectivity index (χ0) is 19.6. The number of rotatable bonds is 9. The van der Waals surface area contributed by atoms with E-state index in [-0.39, 0.29) is 0 Å². The fourth-order valence-corrected chi connectivity index (χ4v) is 3.01. The van der Waals surface area contributed by atoms with Crippen molar-refractivity contribution in [2.24, 2.45) is 0 Å². The molecule has 4 nitrogen and oxygen atoms in total. The third-order valence-corrected chi connectivity index (χ3v) is 4.52. The lowest BCUT2D eigenvalue weighted by molar-refractivity contribution is -0.128. The monoisotopic (exact) mass is 432 g/mol. The molecule has 0 bridgehead atoms. The number of carbonyl (C=O) groups excluding carboxylic acids is 1. The minimum Gasteiger partial charge on any atom is -0.493 e. The second kappa shape index (κ2) is 10.8.